The van der Waals surface area contributed by atoms with E-state index in [1.54, 1.807) is 11.0 Å². The van der Waals surface area contributed by atoms with Crippen LogP contribution in [-0.2, 0) is 9.59 Å². The van der Waals surface area contributed by atoms with Crippen LogP contribution in [0.5, 0.6) is 0 Å². The summed E-state index contributed by atoms with van der Waals surface area (Å²) < 4.78 is 0. The minimum atomic E-state index is -0.280. The minimum absolute atomic E-state index is 0.0868. The largest absolute Gasteiger partial charge is 0.350 e. The van der Waals surface area contributed by atoms with Gasteiger partial charge in [-0.15, -0.1) is 0 Å². The molecule has 0 aromatic heterocycles. The zero-order valence-corrected chi connectivity index (χ0v) is 15.9. The quantitative estimate of drug-likeness (QED) is 0.792. The summed E-state index contributed by atoms with van der Waals surface area (Å²) in [5.74, 6) is -0.218. The lowest BCUT2D eigenvalue weighted by Gasteiger charge is -2.25. The molecule has 2 N–H and O–H groups in total. The number of hydrogen-bond acceptors (Lipinski definition) is 3. The number of nitrogens with one attached hydrogen (secondary N) is 2. The van der Waals surface area contributed by atoms with Crippen LogP contribution in [0.25, 0.3) is 0 Å². The van der Waals surface area contributed by atoms with E-state index in [9.17, 15) is 9.59 Å². The lowest BCUT2D eigenvalue weighted by atomic mass is 10.1. The van der Waals surface area contributed by atoms with Crippen molar-refractivity contribution >= 4 is 23.4 Å². The molecule has 1 rings (SSSR count). The van der Waals surface area contributed by atoms with Gasteiger partial charge in [-0.25, -0.2) is 0 Å². The van der Waals surface area contributed by atoms with Crippen molar-refractivity contribution in [3.8, 4) is 0 Å². The molecular formula is C18H28ClN3O2. The molecule has 0 heterocycles. The second-order valence-corrected chi connectivity index (χ2v) is 7.32. The summed E-state index contributed by atoms with van der Waals surface area (Å²) in [5, 5.41) is 6.46. The van der Waals surface area contributed by atoms with E-state index in [0.717, 1.165) is 5.56 Å². The SMILES string of the molecule is CCN(CC(=O)NC(C)c1ccccc1Cl)CC(=O)NC(C)(C)C. The van der Waals surface area contributed by atoms with E-state index in [1.165, 1.54) is 0 Å². The van der Waals surface area contributed by atoms with Gasteiger partial charge in [0.1, 0.15) is 0 Å². The average molecular weight is 354 g/mol. The molecule has 0 saturated heterocycles. The van der Waals surface area contributed by atoms with E-state index < -0.39 is 0 Å². The molecule has 0 saturated carbocycles. The van der Waals surface area contributed by atoms with Crippen molar-refractivity contribution in [2.24, 2.45) is 0 Å². The molecule has 0 aliphatic heterocycles. The van der Waals surface area contributed by atoms with Crippen LogP contribution in [0, 0.1) is 0 Å². The highest BCUT2D eigenvalue weighted by atomic mass is 35.5. The first-order valence-corrected chi connectivity index (χ1v) is 8.57. The first kappa shape index (κ1) is 20.5. The first-order valence-electron chi connectivity index (χ1n) is 8.19. The maximum absolute atomic E-state index is 12.2. The van der Waals surface area contributed by atoms with E-state index in [4.69, 9.17) is 11.6 Å². The summed E-state index contributed by atoms with van der Waals surface area (Å²) in [6, 6.07) is 7.25. The van der Waals surface area contributed by atoms with Crippen LogP contribution in [0.3, 0.4) is 0 Å². The molecule has 0 aliphatic carbocycles. The van der Waals surface area contributed by atoms with Gasteiger partial charge in [-0.1, -0.05) is 36.7 Å². The highest BCUT2D eigenvalue weighted by molar-refractivity contribution is 6.31. The Bertz CT molecular complexity index is 570. The predicted molar refractivity (Wildman–Crippen MR) is 98.0 cm³/mol. The molecule has 0 bridgehead atoms. The fourth-order valence-electron chi connectivity index (χ4n) is 2.33. The van der Waals surface area contributed by atoms with Gasteiger partial charge in [0, 0.05) is 10.6 Å². The third-order valence-corrected chi connectivity index (χ3v) is 3.79. The average Bonchev–Trinajstić information content (AvgIpc) is 2.44. The van der Waals surface area contributed by atoms with Crippen molar-refractivity contribution in [1.29, 1.82) is 0 Å². The minimum Gasteiger partial charge on any atom is -0.350 e. The van der Waals surface area contributed by atoms with Gasteiger partial charge >= 0.3 is 0 Å². The molecule has 0 spiro atoms. The third kappa shape index (κ3) is 7.32. The van der Waals surface area contributed by atoms with Gasteiger partial charge in [-0.2, -0.15) is 0 Å². The Labute approximate surface area is 149 Å². The van der Waals surface area contributed by atoms with Gasteiger partial charge in [0.25, 0.3) is 0 Å². The van der Waals surface area contributed by atoms with Gasteiger partial charge in [0.05, 0.1) is 19.1 Å². The monoisotopic (exact) mass is 353 g/mol. The van der Waals surface area contributed by atoms with E-state index >= 15 is 0 Å². The number of benzene rings is 1. The number of nitrogens with zero attached hydrogens (tertiary/aromatic N) is 1. The van der Waals surface area contributed by atoms with Crippen molar-refractivity contribution in [2.75, 3.05) is 19.6 Å². The van der Waals surface area contributed by atoms with Crippen LogP contribution in [0.2, 0.25) is 5.02 Å². The molecule has 1 atom stereocenters. The number of hydrogen-bond donors (Lipinski definition) is 2. The second-order valence-electron chi connectivity index (χ2n) is 6.91. The predicted octanol–water partition coefficient (Wildman–Crippen LogP) is 2.75. The van der Waals surface area contributed by atoms with Crippen molar-refractivity contribution in [3.05, 3.63) is 34.9 Å². The van der Waals surface area contributed by atoms with E-state index in [-0.39, 0.29) is 36.5 Å². The summed E-state index contributed by atoms with van der Waals surface area (Å²) in [4.78, 5) is 26.0. The Morgan fingerprint density at radius 2 is 1.75 bits per heavy atom. The van der Waals surface area contributed by atoms with Crippen molar-refractivity contribution in [3.63, 3.8) is 0 Å². The maximum Gasteiger partial charge on any atom is 0.234 e. The molecular weight excluding hydrogens is 326 g/mol. The summed E-state index contributed by atoms with van der Waals surface area (Å²) >= 11 is 6.15. The molecule has 0 aliphatic rings. The van der Waals surface area contributed by atoms with Crippen LogP contribution in [-0.4, -0.2) is 41.9 Å². The molecule has 24 heavy (non-hydrogen) atoms. The molecule has 1 aromatic rings. The summed E-state index contributed by atoms with van der Waals surface area (Å²) in [6.07, 6.45) is 0. The van der Waals surface area contributed by atoms with Crippen LogP contribution in [0.1, 0.15) is 46.2 Å². The number of carbonyl (C=O) groups is 2. The van der Waals surface area contributed by atoms with Gasteiger partial charge in [-0.3, -0.25) is 14.5 Å². The highest BCUT2D eigenvalue weighted by Gasteiger charge is 2.19. The number of likely N-dealkylation sites (N-methyl/N-ethyl adjacent to an activating group) is 1. The molecule has 134 valence electrons. The Morgan fingerprint density at radius 3 is 2.29 bits per heavy atom. The van der Waals surface area contributed by atoms with Crippen LogP contribution in [0.4, 0.5) is 0 Å². The van der Waals surface area contributed by atoms with Gasteiger partial charge in [-0.05, 0) is 45.9 Å². The summed E-state index contributed by atoms with van der Waals surface area (Å²) in [7, 11) is 0. The van der Waals surface area contributed by atoms with E-state index in [1.807, 2.05) is 52.8 Å². The lowest BCUT2D eigenvalue weighted by Crippen LogP contribution is -2.48. The Hall–Kier alpha value is -1.59. The molecule has 5 nitrogen and oxygen atoms in total. The standard InChI is InChI=1S/C18H28ClN3O2/c1-6-22(12-17(24)21-18(3,4)5)11-16(23)20-13(2)14-9-7-8-10-15(14)19/h7-10,13H,6,11-12H2,1-5H3,(H,20,23)(H,21,24). The van der Waals surface area contributed by atoms with Crippen LogP contribution in [0.15, 0.2) is 24.3 Å². The van der Waals surface area contributed by atoms with Gasteiger partial charge in [0.15, 0.2) is 0 Å². The smallest absolute Gasteiger partial charge is 0.234 e. The molecule has 0 fully saturated rings. The summed E-state index contributed by atoms with van der Waals surface area (Å²) in [6.45, 7) is 10.6. The van der Waals surface area contributed by atoms with Gasteiger partial charge in [0.2, 0.25) is 11.8 Å². The Balaban J connectivity index is 2.55. The van der Waals surface area contributed by atoms with Crippen molar-refractivity contribution < 1.29 is 9.59 Å². The van der Waals surface area contributed by atoms with E-state index in [2.05, 4.69) is 10.6 Å². The van der Waals surface area contributed by atoms with Crippen molar-refractivity contribution in [1.82, 2.24) is 15.5 Å². The lowest BCUT2D eigenvalue weighted by molar-refractivity contribution is -0.126. The first-order chi connectivity index (χ1) is 11.1. The van der Waals surface area contributed by atoms with Crippen molar-refractivity contribution in [2.45, 2.75) is 46.2 Å². The number of halogens is 1. The zero-order valence-electron chi connectivity index (χ0n) is 15.1. The fraction of sp³-hybridized carbons (Fsp3) is 0.556. The fourth-order valence-corrected chi connectivity index (χ4v) is 2.63. The van der Waals surface area contributed by atoms with Crippen LogP contribution < -0.4 is 10.6 Å². The van der Waals surface area contributed by atoms with Gasteiger partial charge < -0.3 is 10.6 Å². The molecule has 0 radical (unpaired) electrons. The highest BCUT2D eigenvalue weighted by Crippen LogP contribution is 2.21. The molecule has 2 amide bonds. The normalized spacial score (nSPS) is 12.8. The Kier molecular flexibility index (Phi) is 7.70. The zero-order chi connectivity index (χ0) is 18.3. The number of carbonyl (C=O) groups excluding carboxylic acids is 2. The van der Waals surface area contributed by atoms with Crippen LogP contribution >= 0.6 is 11.6 Å². The Morgan fingerprint density at radius 1 is 1.17 bits per heavy atom. The molecule has 1 unspecified atom stereocenters. The topological polar surface area (TPSA) is 61.4 Å². The summed E-state index contributed by atoms with van der Waals surface area (Å²) in [5.41, 5.74) is 0.596. The van der Waals surface area contributed by atoms with E-state index in [0.29, 0.717) is 11.6 Å². The third-order valence-electron chi connectivity index (χ3n) is 3.45. The molecule has 6 heteroatoms. The molecule has 1 aromatic carbocycles. The number of rotatable bonds is 7. The maximum atomic E-state index is 12.2. The second kappa shape index (κ2) is 9.04. The number of amides is 2.